The predicted octanol–water partition coefficient (Wildman–Crippen LogP) is 9.58. The van der Waals surface area contributed by atoms with Crippen molar-refractivity contribution in [2.75, 3.05) is 18.6 Å². The van der Waals surface area contributed by atoms with Crippen molar-refractivity contribution in [3.8, 4) is 11.1 Å². The summed E-state index contributed by atoms with van der Waals surface area (Å²) >= 11 is 0. The van der Waals surface area contributed by atoms with E-state index < -0.39 is 51.6 Å². The Morgan fingerprint density at radius 1 is 0.958 bits per heavy atom. The van der Waals surface area contributed by atoms with Crippen LogP contribution in [-0.2, 0) is 37.5 Å². The number of anilines is 1. The lowest BCUT2D eigenvalue weighted by Gasteiger charge is -2.38. The number of likely N-dealkylation sites (N-methyl/N-ethyl adjacent to an activating group) is 1. The van der Waals surface area contributed by atoms with Crippen LogP contribution in [0.25, 0.3) is 11.1 Å². The number of esters is 1. The highest BCUT2D eigenvalue weighted by atomic mass is 19.4. The van der Waals surface area contributed by atoms with Gasteiger partial charge in [0.1, 0.15) is 5.82 Å². The molecule has 1 heterocycles. The van der Waals surface area contributed by atoms with Gasteiger partial charge in [0.25, 0.3) is 0 Å². The van der Waals surface area contributed by atoms with E-state index in [1.54, 1.807) is 26.0 Å². The van der Waals surface area contributed by atoms with E-state index >= 15 is 0 Å². The molecule has 0 bridgehead atoms. The molecule has 1 aliphatic rings. The van der Waals surface area contributed by atoms with Gasteiger partial charge in [-0.3, -0.25) is 14.6 Å². The third-order valence-corrected chi connectivity index (χ3v) is 9.33. The highest BCUT2D eigenvalue weighted by Crippen LogP contribution is 2.45. The quantitative estimate of drug-likeness (QED) is 0.176. The summed E-state index contributed by atoms with van der Waals surface area (Å²) in [6, 6.07) is 7.07. The molecule has 1 saturated carbocycles. The Hall–Kier alpha value is -3.96. The standard InChI is InChI=1S/C36H39F7N2O3/c1-7-48-31(46)14-22-9-8-12-34(5,19-22)30-18-28(27-11-10-26(37)13-21(27)2)29(20-44-30)45(6)32(47)33(3,4)23-15-24(35(38,39)40)17-25(16-23)36(41,42)43/h10-11,13,15-18,20,22H,7-9,12,14,19H2,1-6H3. The molecular weight excluding hydrogens is 641 g/mol. The number of amides is 1. The molecule has 0 radical (unpaired) electrons. The number of benzene rings is 2. The van der Waals surface area contributed by atoms with Crippen LogP contribution in [0.1, 0.15) is 87.7 Å². The Morgan fingerprint density at radius 3 is 2.12 bits per heavy atom. The molecule has 0 spiro atoms. The molecular formula is C36H39F7N2O3. The molecule has 5 nitrogen and oxygen atoms in total. The van der Waals surface area contributed by atoms with Crippen LogP contribution in [0.5, 0.6) is 0 Å². The third kappa shape index (κ3) is 7.84. The first-order valence-electron chi connectivity index (χ1n) is 15.7. The highest BCUT2D eigenvalue weighted by molar-refractivity contribution is 6.03. The normalized spacial score (nSPS) is 18.8. The number of nitrogens with zero attached hydrogens (tertiary/aromatic N) is 2. The molecule has 260 valence electrons. The Labute approximate surface area is 275 Å². The zero-order valence-corrected chi connectivity index (χ0v) is 27.7. The number of hydrogen-bond donors (Lipinski definition) is 0. The smallest absolute Gasteiger partial charge is 0.416 e. The predicted molar refractivity (Wildman–Crippen MR) is 168 cm³/mol. The molecule has 1 aliphatic carbocycles. The average molecular weight is 681 g/mol. The Kier molecular flexibility index (Phi) is 10.4. The fourth-order valence-electron chi connectivity index (χ4n) is 6.64. The molecule has 2 atom stereocenters. The first-order chi connectivity index (χ1) is 22.2. The van der Waals surface area contributed by atoms with Gasteiger partial charge in [0.2, 0.25) is 5.91 Å². The minimum absolute atomic E-state index is 0.0228. The van der Waals surface area contributed by atoms with E-state index in [1.807, 2.05) is 6.92 Å². The number of rotatable bonds is 8. The molecule has 2 unspecified atom stereocenters. The molecule has 1 amide bonds. The van der Waals surface area contributed by atoms with E-state index in [9.17, 15) is 40.3 Å². The number of aryl methyl sites for hydroxylation is 1. The summed E-state index contributed by atoms with van der Waals surface area (Å²) in [4.78, 5) is 32.2. The Balaban J connectivity index is 1.80. The van der Waals surface area contributed by atoms with E-state index in [0.29, 0.717) is 40.9 Å². The summed E-state index contributed by atoms with van der Waals surface area (Å²) < 4.78 is 101. The van der Waals surface area contributed by atoms with Gasteiger partial charge >= 0.3 is 18.3 Å². The molecule has 48 heavy (non-hydrogen) atoms. The van der Waals surface area contributed by atoms with Crippen molar-refractivity contribution in [2.45, 2.75) is 89.9 Å². The molecule has 12 heteroatoms. The van der Waals surface area contributed by atoms with Crippen LogP contribution in [0.15, 0.2) is 48.7 Å². The SMILES string of the molecule is CCOC(=O)CC1CCCC(C)(c2cc(-c3ccc(F)cc3C)c(N(C)C(=O)C(C)(C)c3cc(C(F)(F)F)cc(C(F)(F)F)c3)cn2)C1. The number of carbonyl (C=O) groups is 2. The molecule has 2 aromatic carbocycles. The van der Waals surface area contributed by atoms with Crippen molar-refractivity contribution in [1.82, 2.24) is 4.98 Å². The molecule has 0 aliphatic heterocycles. The van der Waals surface area contributed by atoms with Crippen molar-refractivity contribution in [2.24, 2.45) is 5.92 Å². The van der Waals surface area contributed by atoms with E-state index in [4.69, 9.17) is 9.72 Å². The number of carbonyl (C=O) groups excluding carboxylic acids is 2. The minimum atomic E-state index is -5.08. The largest absolute Gasteiger partial charge is 0.466 e. The van der Waals surface area contributed by atoms with Gasteiger partial charge in [-0.2, -0.15) is 26.3 Å². The van der Waals surface area contributed by atoms with Crippen LogP contribution in [0.2, 0.25) is 0 Å². The molecule has 3 aromatic rings. The second-order valence-electron chi connectivity index (χ2n) is 13.4. The zero-order chi connectivity index (χ0) is 35.8. The summed E-state index contributed by atoms with van der Waals surface area (Å²) in [5.41, 5.74) is -3.33. The van der Waals surface area contributed by atoms with Crippen LogP contribution in [0.4, 0.5) is 36.4 Å². The topological polar surface area (TPSA) is 59.5 Å². The van der Waals surface area contributed by atoms with Crippen LogP contribution in [-0.4, -0.2) is 30.5 Å². The average Bonchev–Trinajstić information content (AvgIpc) is 2.99. The van der Waals surface area contributed by atoms with Crippen LogP contribution in [0.3, 0.4) is 0 Å². The fraction of sp³-hybridized carbons (Fsp3) is 0.472. The summed E-state index contributed by atoms with van der Waals surface area (Å²) in [6.07, 6.45) is -5.37. The number of aromatic nitrogens is 1. The monoisotopic (exact) mass is 680 g/mol. The lowest BCUT2D eigenvalue weighted by atomic mass is 9.68. The van der Waals surface area contributed by atoms with Crippen LogP contribution < -0.4 is 4.90 Å². The Morgan fingerprint density at radius 2 is 1.56 bits per heavy atom. The highest BCUT2D eigenvalue weighted by Gasteiger charge is 2.42. The van der Waals surface area contributed by atoms with Gasteiger partial charge < -0.3 is 9.64 Å². The van der Waals surface area contributed by atoms with E-state index in [2.05, 4.69) is 0 Å². The van der Waals surface area contributed by atoms with Crippen molar-refractivity contribution in [3.05, 3.63) is 82.4 Å². The minimum Gasteiger partial charge on any atom is -0.466 e. The van der Waals surface area contributed by atoms with E-state index in [-0.39, 0.29) is 36.7 Å². The third-order valence-electron chi connectivity index (χ3n) is 9.33. The van der Waals surface area contributed by atoms with Gasteiger partial charge in [-0.25, -0.2) is 4.39 Å². The second kappa shape index (κ2) is 13.5. The maximum Gasteiger partial charge on any atom is 0.416 e. The summed E-state index contributed by atoms with van der Waals surface area (Å²) in [6.45, 7) is 8.28. The summed E-state index contributed by atoms with van der Waals surface area (Å²) in [5.74, 6) is -1.49. The molecule has 1 aromatic heterocycles. The number of pyridine rings is 1. The lowest BCUT2D eigenvalue weighted by Crippen LogP contribution is -2.42. The number of ether oxygens (including phenoxy) is 1. The van der Waals surface area contributed by atoms with Gasteiger partial charge in [0.05, 0.1) is 35.0 Å². The van der Waals surface area contributed by atoms with E-state index in [0.717, 1.165) is 24.2 Å². The van der Waals surface area contributed by atoms with Gasteiger partial charge in [0.15, 0.2) is 0 Å². The first-order valence-corrected chi connectivity index (χ1v) is 15.7. The van der Waals surface area contributed by atoms with Crippen molar-refractivity contribution >= 4 is 17.6 Å². The van der Waals surface area contributed by atoms with Crippen LogP contribution >= 0.6 is 0 Å². The van der Waals surface area contributed by atoms with E-state index in [1.165, 1.54) is 39.2 Å². The Bertz CT molecular complexity index is 1650. The second-order valence-corrected chi connectivity index (χ2v) is 13.4. The first kappa shape index (κ1) is 36.9. The maximum absolute atomic E-state index is 14.2. The fourth-order valence-corrected chi connectivity index (χ4v) is 6.64. The van der Waals surface area contributed by atoms with Gasteiger partial charge in [-0.1, -0.05) is 19.4 Å². The lowest BCUT2D eigenvalue weighted by molar-refractivity contribution is -0.145. The van der Waals surface area contributed by atoms with Crippen molar-refractivity contribution < 1.29 is 45.1 Å². The number of halogens is 7. The van der Waals surface area contributed by atoms with Gasteiger partial charge in [0, 0.05) is 30.1 Å². The molecule has 1 fully saturated rings. The maximum atomic E-state index is 14.2. The van der Waals surface area contributed by atoms with Gasteiger partial charge in [-0.15, -0.1) is 0 Å². The van der Waals surface area contributed by atoms with Crippen molar-refractivity contribution in [3.63, 3.8) is 0 Å². The zero-order valence-electron chi connectivity index (χ0n) is 27.7. The summed E-state index contributed by atoms with van der Waals surface area (Å²) in [7, 11) is 1.37. The molecule has 4 rings (SSSR count). The number of hydrogen-bond acceptors (Lipinski definition) is 4. The number of alkyl halides is 6. The van der Waals surface area contributed by atoms with Crippen molar-refractivity contribution in [1.29, 1.82) is 0 Å². The molecule has 0 N–H and O–H groups in total. The van der Waals surface area contributed by atoms with Gasteiger partial charge in [-0.05, 0) is 106 Å². The summed E-state index contributed by atoms with van der Waals surface area (Å²) in [5, 5.41) is 0. The molecule has 0 saturated heterocycles. The van der Waals surface area contributed by atoms with Crippen LogP contribution in [0, 0.1) is 18.7 Å².